The number of hydrogen-bond acceptors (Lipinski definition) is 8. The van der Waals surface area contributed by atoms with E-state index in [4.69, 9.17) is 11.5 Å². The lowest BCUT2D eigenvalue weighted by Gasteiger charge is -2.25. The monoisotopic (exact) mass is 520 g/mol. The minimum absolute atomic E-state index is 0.0432. The van der Waals surface area contributed by atoms with Crippen molar-refractivity contribution in [2.75, 3.05) is 13.2 Å². The van der Waals surface area contributed by atoms with Gasteiger partial charge < -0.3 is 47.7 Å². The van der Waals surface area contributed by atoms with Crippen LogP contribution in [0.2, 0.25) is 0 Å². The molecule has 0 radical (unpaired) electrons. The third-order valence-electron chi connectivity index (χ3n) is 5.90. The highest BCUT2D eigenvalue weighted by Crippen LogP contribution is 2.19. The average Bonchev–Trinajstić information content (AvgIpc) is 3.27. The molecule has 37 heavy (non-hydrogen) atoms. The smallest absolute Gasteiger partial charge is 0.328 e. The predicted molar refractivity (Wildman–Crippen MR) is 135 cm³/mol. The van der Waals surface area contributed by atoms with Crippen molar-refractivity contribution in [1.29, 1.82) is 0 Å². The van der Waals surface area contributed by atoms with Crippen molar-refractivity contribution in [2.45, 2.75) is 62.9 Å². The van der Waals surface area contributed by atoms with Crippen LogP contribution in [-0.4, -0.2) is 87.4 Å². The number of carboxylic acid groups (broad SMARTS) is 1. The Morgan fingerprint density at radius 3 is 2.27 bits per heavy atom. The van der Waals surface area contributed by atoms with E-state index in [0.717, 1.165) is 10.9 Å². The maximum Gasteiger partial charge on any atom is 0.328 e. The summed E-state index contributed by atoms with van der Waals surface area (Å²) in [5.41, 5.74) is 12.7. The first-order valence-electron chi connectivity index (χ1n) is 12.0. The van der Waals surface area contributed by atoms with Gasteiger partial charge in [-0.25, -0.2) is 4.79 Å². The van der Waals surface area contributed by atoms with Crippen LogP contribution < -0.4 is 27.4 Å². The molecule has 0 aliphatic heterocycles. The molecule has 13 heteroatoms. The maximum absolute atomic E-state index is 13.1. The summed E-state index contributed by atoms with van der Waals surface area (Å²) >= 11 is 0. The summed E-state index contributed by atoms with van der Waals surface area (Å²) < 4.78 is 0. The van der Waals surface area contributed by atoms with Gasteiger partial charge in [-0.2, -0.15) is 0 Å². The van der Waals surface area contributed by atoms with Crippen LogP contribution in [0.4, 0.5) is 0 Å². The molecule has 204 valence electrons. The van der Waals surface area contributed by atoms with E-state index >= 15 is 0 Å². The summed E-state index contributed by atoms with van der Waals surface area (Å²) in [5.74, 6) is -3.84. The molecule has 5 unspecified atom stereocenters. The SMILES string of the molecule is CC(O)C(NC(=O)C(Cc1c[nH]c2ccccc12)NC(=O)C(CO)NC(=O)C(N)CCCCN)C(=O)O. The summed E-state index contributed by atoms with van der Waals surface area (Å²) in [6.45, 7) is 0.897. The van der Waals surface area contributed by atoms with E-state index in [1.165, 1.54) is 6.92 Å². The Bertz CT molecular complexity index is 1070. The van der Waals surface area contributed by atoms with E-state index in [1.54, 1.807) is 12.3 Å². The molecule has 5 atom stereocenters. The Kier molecular flexibility index (Phi) is 11.5. The lowest BCUT2D eigenvalue weighted by Crippen LogP contribution is -2.59. The molecule has 0 saturated heterocycles. The zero-order valence-corrected chi connectivity index (χ0v) is 20.6. The van der Waals surface area contributed by atoms with Crippen LogP contribution in [0.15, 0.2) is 30.5 Å². The molecule has 0 spiro atoms. The molecule has 13 nitrogen and oxygen atoms in total. The highest BCUT2D eigenvalue weighted by atomic mass is 16.4. The number of amides is 3. The first-order valence-corrected chi connectivity index (χ1v) is 12.0. The van der Waals surface area contributed by atoms with Crippen molar-refractivity contribution in [2.24, 2.45) is 11.5 Å². The second-order valence-corrected chi connectivity index (χ2v) is 8.82. The molecule has 1 aromatic heterocycles. The summed E-state index contributed by atoms with van der Waals surface area (Å²) in [4.78, 5) is 52.9. The van der Waals surface area contributed by atoms with Crippen LogP contribution >= 0.6 is 0 Å². The van der Waals surface area contributed by atoms with E-state index in [9.17, 15) is 34.5 Å². The molecule has 0 aliphatic rings. The van der Waals surface area contributed by atoms with Crippen molar-refractivity contribution in [1.82, 2.24) is 20.9 Å². The van der Waals surface area contributed by atoms with Gasteiger partial charge in [-0.1, -0.05) is 24.6 Å². The van der Waals surface area contributed by atoms with Crippen LogP contribution in [0.3, 0.4) is 0 Å². The van der Waals surface area contributed by atoms with Crippen LogP contribution in [0.1, 0.15) is 31.7 Å². The lowest BCUT2D eigenvalue weighted by atomic mass is 10.0. The number of fused-ring (bicyclic) bond motifs is 1. The number of H-pyrrole nitrogens is 1. The summed E-state index contributed by atoms with van der Waals surface area (Å²) in [6, 6.07) is 2.04. The number of rotatable bonds is 15. The number of unbranched alkanes of at least 4 members (excludes halogenated alkanes) is 1. The van der Waals surface area contributed by atoms with Gasteiger partial charge in [0.2, 0.25) is 17.7 Å². The van der Waals surface area contributed by atoms with Gasteiger partial charge in [-0.3, -0.25) is 14.4 Å². The van der Waals surface area contributed by atoms with Crippen molar-refractivity contribution >= 4 is 34.6 Å². The molecule has 0 bridgehead atoms. The minimum atomic E-state index is -1.62. The van der Waals surface area contributed by atoms with E-state index in [0.29, 0.717) is 31.4 Å². The van der Waals surface area contributed by atoms with Crippen molar-refractivity contribution < 1.29 is 34.5 Å². The van der Waals surface area contributed by atoms with Gasteiger partial charge in [0, 0.05) is 23.5 Å². The molecule has 1 heterocycles. The van der Waals surface area contributed by atoms with Gasteiger partial charge in [0.15, 0.2) is 6.04 Å². The first kappa shape index (κ1) is 29.7. The van der Waals surface area contributed by atoms with Gasteiger partial charge in [-0.05, 0) is 37.9 Å². The topological polar surface area (TPSA) is 233 Å². The van der Waals surface area contributed by atoms with Crippen molar-refractivity contribution in [3.63, 3.8) is 0 Å². The molecule has 1 aromatic carbocycles. The van der Waals surface area contributed by atoms with Gasteiger partial charge in [-0.15, -0.1) is 0 Å². The van der Waals surface area contributed by atoms with E-state index < -0.39 is 60.6 Å². The Hall–Kier alpha value is -3.52. The number of nitrogens with one attached hydrogen (secondary N) is 4. The van der Waals surface area contributed by atoms with E-state index in [2.05, 4.69) is 20.9 Å². The zero-order chi connectivity index (χ0) is 27.5. The Labute approximate surface area is 214 Å². The number of aliphatic hydroxyl groups is 2. The van der Waals surface area contributed by atoms with E-state index in [1.807, 2.05) is 18.2 Å². The number of benzene rings is 1. The van der Waals surface area contributed by atoms with Crippen LogP contribution in [0.5, 0.6) is 0 Å². The lowest BCUT2D eigenvalue weighted by molar-refractivity contribution is -0.145. The molecule has 11 N–H and O–H groups in total. The van der Waals surface area contributed by atoms with Crippen LogP contribution in [0.25, 0.3) is 10.9 Å². The number of aliphatic hydroxyl groups excluding tert-OH is 2. The minimum Gasteiger partial charge on any atom is -0.480 e. The Morgan fingerprint density at radius 2 is 1.65 bits per heavy atom. The Balaban J connectivity index is 2.21. The molecule has 2 aromatic rings. The number of carbonyl (C=O) groups excluding carboxylic acids is 3. The van der Waals surface area contributed by atoms with Gasteiger partial charge in [0.1, 0.15) is 12.1 Å². The predicted octanol–water partition coefficient (Wildman–Crippen LogP) is -1.92. The quantitative estimate of drug-likeness (QED) is 0.119. The number of aromatic nitrogens is 1. The van der Waals surface area contributed by atoms with Crippen LogP contribution in [-0.2, 0) is 25.6 Å². The highest BCUT2D eigenvalue weighted by Gasteiger charge is 2.32. The standard InChI is InChI=1S/C24H36N6O7/c1-13(32)20(24(36)37)30-22(34)18(10-14-11-27-17-8-3-2-6-15(14)17)28-23(35)19(12-31)29-21(33)16(26)7-4-5-9-25/h2-3,6,8,11,13,16,18-20,27,31-32H,4-5,7,9-10,12,25-26H2,1H3,(H,28,35)(H,29,33)(H,30,34)(H,36,37). The fraction of sp³-hybridized carbons (Fsp3) is 0.500. The van der Waals surface area contributed by atoms with Gasteiger partial charge >= 0.3 is 5.97 Å². The maximum atomic E-state index is 13.1. The number of carboxylic acids is 1. The molecule has 0 aliphatic carbocycles. The second-order valence-electron chi connectivity index (χ2n) is 8.82. The molecule has 0 fully saturated rings. The number of para-hydroxylation sites is 1. The normalized spacial score (nSPS) is 15.3. The molecule has 2 rings (SSSR count). The zero-order valence-electron chi connectivity index (χ0n) is 20.6. The molecule has 0 saturated carbocycles. The highest BCUT2D eigenvalue weighted by molar-refractivity contribution is 5.95. The van der Waals surface area contributed by atoms with Gasteiger partial charge in [0.05, 0.1) is 18.8 Å². The number of aliphatic carboxylic acids is 1. The number of nitrogens with two attached hydrogens (primary N) is 2. The fourth-order valence-electron chi connectivity index (χ4n) is 3.76. The number of carbonyl (C=O) groups is 4. The average molecular weight is 521 g/mol. The third kappa shape index (κ3) is 8.53. The number of aromatic amines is 1. The van der Waals surface area contributed by atoms with E-state index in [-0.39, 0.29) is 6.42 Å². The summed E-state index contributed by atoms with van der Waals surface area (Å²) in [6.07, 6.45) is 1.84. The first-order chi connectivity index (χ1) is 17.6. The van der Waals surface area contributed by atoms with Gasteiger partial charge in [0.25, 0.3) is 0 Å². The number of hydrogen-bond donors (Lipinski definition) is 9. The molecular formula is C24H36N6O7. The molecular weight excluding hydrogens is 484 g/mol. The molecule has 3 amide bonds. The van der Waals surface area contributed by atoms with Crippen LogP contribution in [0, 0.1) is 0 Å². The van der Waals surface area contributed by atoms with Crippen molar-refractivity contribution in [3.8, 4) is 0 Å². The second kappa shape index (κ2) is 14.3. The van der Waals surface area contributed by atoms with Crippen molar-refractivity contribution in [3.05, 3.63) is 36.0 Å². The summed E-state index contributed by atoms with van der Waals surface area (Å²) in [5, 5.41) is 36.7. The third-order valence-corrected chi connectivity index (χ3v) is 5.90. The largest absolute Gasteiger partial charge is 0.480 e. The fourth-order valence-corrected chi connectivity index (χ4v) is 3.76. The summed E-state index contributed by atoms with van der Waals surface area (Å²) in [7, 11) is 0. The Morgan fingerprint density at radius 1 is 1.00 bits per heavy atom.